The summed E-state index contributed by atoms with van der Waals surface area (Å²) in [4.78, 5) is 11.5. The van der Waals surface area contributed by atoms with Crippen molar-refractivity contribution >= 4 is 11.7 Å². The van der Waals surface area contributed by atoms with Gasteiger partial charge in [-0.1, -0.05) is 26.0 Å². The van der Waals surface area contributed by atoms with Gasteiger partial charge in [-0.3, -0.25) is 4.79 Å². The minimum Gasteiger partial charge on any atom is -0.491 e. The summed E-state index contributed by atoms with van der Waals surface area (Å²) < 4.78 is 10.7. The van der Waals surface area contributed by atoms with Gasteiger partial charge in [0.25, 0.3) is 0 Å². The lowest BCUT2D eigenvalue weighted by molar-refractivity contribution is -0.150. The number of nitrogens with two attached hydrogens (primary N) is 1. The zero-order valence-electron chi connectivity index (χ0n) is 11.2. The van der Waals surface area contributed by atoms with E-state index in [0.29, 0.717) is 17.4 Å². The van der Waals surface area contributed by atoms with Gasteiger partial charge in [0.05, 0.1) is 18.7 Å². The topological polar surface area (TPSA) is 61.5 Å². The quantitative estimate of drug-likeness (QED) is 0.623. The molecule has 100 valence electrons. The van der Waals surface area contributed by atoms with Crippen LogP contribution in [0.1, 0.15) is 27.2 Å². The Hall–Kier alpha value is -1.71. The maximum Gasteiger partial charge on any atom is 0.309 e. The lowest BCUT2D eigenvalue weighted by atomic mass is 10.1. The highest BCUT2D eigenvalue weighted by atomic mass is 16.5. The van der Waals surface area contributed by atoms with Crippen LogP contribution in [0.2, 0.25) is 0 Å². The third kappa shape index (κ3) is 4.65. The molecule has 2 N–H and O–H groups in total. The van der Waals surface area contributed by atoms with Crippen LogP contribution >= 0.6 is 0 Å². The molecule has 4 nitrogen and oxygen atoms in total. The molecular weight excluding hydrogens is 230 g/mol. The molecule has 0 heterocycles. The highest BCUT2D eigenvalue weighted by molar-refractivity contribution is 5.69. The van der Waals surface area contributed by atoms with Crippen molar-refractivity contribution < 1.29 is 14.3 Å². The number of carbonyl (C=O) groups is 1. The number of ether oxygens (including phenoxy) is 2. The molecule has 0 aromatic heterocycles. The fourth-order valence-electron chi connectivity index (χ4n) is 1.26. The first-order valence-electron chi connectivity index (χ1n) is 6.17. The number of rotatable bonds is 6. The van der Waals surface area contributed by atoms with Gasteiger partial charge in [0, 0.05) is 0 Å². The summed E-state index contributed by atoms with van der Waals surface area (Å²) in [6.45, 7) is 6.19. The Kier molecular flexibility index (Phi) is 5.49. The average Bonchev–Trinajstić information content (AvgIpc) is 2.31. The van der Waals surface area contributed by atoms with Gasteiger partial charge in [-0.05, 0) is 25.0 Å². The molecule has 4 heteroatoms. The van der Waals surface area contributed by atoms with Crippen LogP contribution in [-0.4, -0.2) is 18.7 Å². The van der Waals surface area contributed by atoms with Crippen molar-refractivity contribution in [2.24, 2.45) is 5.92 Å². The largest absolute Gasteiger partial charge is 0.491 e. The first kappa shape index (κ1) is 14.4. The van der Waals surface area contributed by atoms with E-state index in [2.05, 4.69) is 0 Å². The Labute approximate surface area is 108 Å². The van der Waals surface area contributed by atoms with Crippen LogP contribution in [-0.2, 0) is 9.53 Å². The fraction of sp³-hybridized carbons (Fsp3) is 0.500. The van der Waals surface area contributed by atoms with E-state index in [9.17, 15) is 4.79 Å². The van der Waals surface area contributed by atoms with Crippen molar-refractivity contribution in [3.63, 3.8) is 0 Å². The molecule has 0 aliphatic heterocycles. The van der Waals surface area contributed by atoms with E-state index >= 15 is 0 Å². The minimum absolute atomic E-state index is 0.0701. The number of benzene rings is 1. The molecule has 1 rings (SSSR count). The number of carbonyl (C=O) groups excluding carboxylic acids is 1. The molecule has 1 unspecified atom stereocenters. The molecule has 0 bridgehead atoms. The maximum atomic E-state index is 11.5. The molecule has 1 atom stereocenters. The molecule has 18 heavy (non-hydrogen) atoms. The van der Waals surface area contributed by atoms with E-state index in [-0.39, 0.29) is 25.1 Å². The van der Waals surface area contributed by atoms with Gasteiger partial charge < -0.3 is 15.2 Å². The Morgan fingerprint density at radius 1 is 1.28 bits per heavy atom. The second-order valence-electron chi connectivity index (χ2n) is 4.58. The maximum absolute atomic E-state index is 11.5. The number of anilines is 1. The number of hydrogen-bond donors (Lipinski definition) is 1. The summed E-state index contributed by atoms with van der Waals surface area (Å²) >= 11 is 0. The van der Waals surface area contributed by atoms with Crippen molar-refractivity contribution in [2.75, 3.05) is 12.3 Å². The minimum atomic E-state index is -0.245. The van der Waals surface area contributed by atoms with Gasteiger partial charge in [0.2, 0.25) is 0 Å². The van der Waals surface area contributed by atoms with Crippen molar-refractivity contribution in [1.82, 2.24) is 0 Å². The van der Waals surface area contributed by atoms with E-state index in [1.54, 1.807) is 12.1 Å². The van der Waals surface area contributed by atoms with Gasteiger partial charge in [-0.25, -0.2) is 0 Å². The van der Waals surface area contributed by atoms with Gasteiger partial charge in [0.15, 0.2) is 0 Å². The molecule has 0 saturated heterocycles. The van der Waals surface area contributed by atoms with Crippen molar-refractivity contribution in [2.45, 2.75) is 33.3 Å². The van der Waals surface area contributed by atoms with Crippen molar-refractivity contribution in [1.29, 1.82) is 0 Å². The van der Waals surface area contributed by atoms with Crippen LogP contribution in [0.5, 0.6) is 5.75 Å². The molecular formula is C14H21NO3. The highest BCUT2D eigenvalue weighted by Crippen LogP contribution is 2.19. The van der Waals surface area contributed by atoms with Crippen LogP contribution in [0.25, 0.3) is 0 Å². The third-order valence-electron chi connectivity index (χ3n) is 2.74. The van der Waals surface area contributed by atoms with Gasteiger partial charge >= 0.3 is 5.97 Å². The Balaban J connectivity index is 2.30. The first-order valence-corrected chi connectivity index (χ1v) is 6.17. The number of nitrogen functional groups attached to an aromatic ring is 1. The second-order valence-corrected chi connectivity index (χ2v) is 4.58. The predicted octanol–water partition coefficient (Wildman–Crippen LogP) is 2.63. The Bertz CT molecular complexity index is 390. The van der Waals surface area contributed by atoms with Crippen molar-refractivity contribution in [3.8, 4) is 5.75 Å². The average molecular weight is 251 g/mol. The van der Waals surface area contributed by atoms with Gasteiger partial charge in [-0.2, -0.15) is 0 Å². The van der Waals surface area contributed by atoms with E-state index in [1.807, 2.05) is 32.9 Å². The Morgan fingerprint density at radius 3 is 2.56 bits per heavy atom. The number of hydrogen-bond acceptors (Lipinski definition) is 4. The second kappa shape index (κ2) is 6.89. The zero-order chi connectivity index (χ0) is 13.5. The molecule has 0 saturated carbocycles. The summed E-state index contributed by atoms with van der Waals surface area (Å²) in [5.41, 5.74) is 6.29. The number of para-hydroxylation sites is 2. The van der Waals surface area contributed by atoms with Crippen molar-refractivity contribution in [3.05, 3.63) is 24.3 Å². The molecule has 1 aromatic carbocycles. The van der Waals surface area contributed by atoms with Crippen LogP contribution in [0.4, 0.5) is 5.69 Å². The molecule has 0 aliphatic carbocycles. The molecule has 0 amide bonds. The smallest absolute Gasteiger partial charge is 0.309 e. The summed E-state index contributed by atoms with van der Waals surface area (Å²) in [6.07, 6.45) is 0.157. The molecule has 0 aliphatic rings. The van der Waals surface area contributed by atoms with E-state index in [4.69, 9.17) is 15.2 Å². The monoisotopic (exact) mass is 251 g/mol. The summed E-state index contributed by atoms with van der Waals surface area (Å²) in [7, 11) is 0. The lowest BCUT2D eigenvalue weighted by Gasteiger charge is -2.16. The van der Waals surface area contributed by atoms with Crippen LogP contribution in [0.15, 0.2) is 24.3 Å². The predicted molar refractivity (Wildman–Crippen MR) is 71.4 cm³/mol. The normalized spacial score (nSPS) is 12.2. The van der Waals surface area contributed by atoms with E-state index in [1.165, 1.54) is 0 Å². The zero-order valence-corrected chi connectivity index (χ0v) is 11.2. The number of esters is 1. The summed E-state index contributed by atoms with van der Waals surface area (Å²) in [6, 6.07) is 7.21. The summed E-state index contributed by atoms with van der Waals surface area (Å²) in [5, 5.41) is 0. The standard InChI is InChI=1S/C14H21NO3/c1-10(2)11(3)18-14(16)8-9-17-13-7-5-4-6-12(13)15/h4-7,10-11H,8-9,15H2,1-3H3. The van der Waals surface area contributed by atoms with Crippen LogP contribution in [0.3, 0.4) is 0 Å². The van der Waals surface area contributed by atoms with Gasteiger partial charge in [0.1, 0.15) is 11.9 Å². The molecule has 0 radical (unpaired) electrons. The molecule has 1 aromatic rings. The molecule has 0 spiro atoms. The van der Waals surface area contributed by atoms with E-state index in [0.717, 1.165) is 0 Å². The van der Waals surface area contributed by atoms with E-state index < -0.39 is 0 Å². The summed E-state index contributed by atoms with van der Waals surface area (Å²) in [5.74, 6) is 0.674. The first-order chi connectivity index (χ1) is 8.50. The third-order valence-corrected chi connectivity index (χ3v) is 2.74. The van der Waals surface area contributed by atoms with Crippen LogP contribution in [0, 0.1) is 5.92 Å². The highest BCUT2D eigenvalue weighted by Gasteiger charge is 2.12. The van der Waals surface area contributed by atoms with Crippen LogP contribution < -0.4 is 10.5 Å². The SMILES string of the molecule is CC(C)C(C)OC(=O)CCOc1ccccc1N. The molecule has 0 fully saturated rings. The fourth-order valence-corrected chi connectivity index (χ4v) is 1.26. The Morgan fingerprint density at radius 2 is 1.94 bits per heavy atom. The van der Waals surface area contributed by atoms with Gasteiger partial charge in [-0.15, -0.1) is 0 Å². The lowest BCUT2D eigenvalue weighted by Crippen LogP contribution is -2.21.